The smallest absolute Gasteiger partial charge is 0.252 e. The van der Waals surface area contributed by atoms with E-state index in [1.807, 2.05) is 0 Å². The molecule has 2 fully saturated rings. The van der Waals surface area contributed by atoms with Crippen molar-refractivity contribution in [3.05, 3.63) is 196 Å². The summed E-state index contributed by atoms with van der Waals surface area (Å²) in [6.45, 7) is 44.2. The number of rotatable bonds is 4. The maximum Gasteiger partial charge on any atom is 0.252 e. The van der Waals surface area contributed by atoms with Crippen molar-refractivity contribution in [2.24, 2.45) is 0 Å². The minimum absolute atomic E-state index is 0.0185. The van der Waals surface area contributed by atoms with Gasteiger partial charge in [-0.3, -0.25) is 0 Å². The third-order valence-corrected chi connectivity index (χ3v) is 24.9. The third-order valence-electron chi connectivity index (χ3n) is 24.9. The van der Waals surface area contributed by atoms with E-state index in [4.69, 9.17) is 0 Å². The highest BCUT2D eigenvalue weighted by molar-refractivity contribution is 7.00. The summed E-state index contributed by atoms with van der Waals surface area (Å²) in [6, 6.07) is 62.0. The largest absolute Gasteiger partial charge is 0.334 e. The molecule has 8 aromatic carbocycles. The molecule has 0 spiro atoms. The van der Waals surface area contributed by atoms with Gasteiger partial charge in [0.2, 0.25) is 0 Å². The van der Waals surface area contributed by atoms with Gasteiger partial charge in [0, 0.05) is 78.1 Å². The molecule has 4 unspecified atom stereocenters. The Morgan fingerprint density at radius 2 is 0.900 bits per heavy atom. The van der Waals surface area contributed by atoms with Crippen molar-refractivity contribution in [1.29, 1.82) is 0 Å². The lowest BCUT2D eigenvalue weighted by Gasteiger charge is -2.51. The maximum absolute atomic E-state index is 2.89. The van der Waals surface area contributed by atoms with Crippen LogP contribution in [0.5, 0.6) is 0 Å². The summed E-state index contributed by atoms with van der Waals surface area (Å²) >= 11 is 0. The predicted molar refractivity (Wildman–Crippen MR) is 386 cm³/mol. The topological polar surface area (TPSA) is 14.7 Å². The molecule has 90 heavy (non-hydrogen) atoms. The zero-order valence-electron chi connectivity index (χ0n) is 57.5. The summed E-state index contributed by atoms with van der Waals surface area (Å²) in [7, 11) is 0. The van der Waals surface area contributed by atoms with E-state index < -0.39 is 0 Å². The molecule has 0 saturated heterocycles. The fourth-order valence-electron chi connectivity index (χ4n) is 19.2. The van der Waals surface area contributed by atoms with Gasteiger partial charge in [-0.05, 0) is 182 Å². The average molecular weight is 1180 g/mol. The van der Waals surface area contributed by atoms with E-state index in [1.54, 1.807) is 0 Å². The van der Waals surface area contributed by atoms with Gasteiger partial charge < -0.3 is 19.3 Å². The van der Waals surface area contributed by atoms with Gasteiger partial charge in [0.05, 0.1) is 22.5 Å². The number of fused-ring (bicyclic) bond motifs is 15. The summed E-state index contributed by atoms with van der Waals surface area (Å²) in [5.74, 6) is 0. The first-order valence-corrected chi connectivity index (χ1v) is 34.5. The van der Waals surface area contributed by atoms with Gasteiger partial charge in [-0.2, -0.15) is 0 Å². The Balaban J connectivity index is 1.07. The van der Waals surface area contributed by atoms with Crippen LogP contribution < -0.4 is 31.1 Å². The zero-order valence-corrected chi connectivity index (χ0v) is 57.5. The van der Waals surface area contributed by atoms with E-state index in [0.717, 1.165) is 12.8 Å². The van der Waals surface area contributed by atoms with Crippen LogP contribution in [-0.2, 0) is 37.9 Å². The first-order valence-electron chi connectivity index (χ1n) is 34.5. The second kappa shape index (κ2) is 18.5. The normalized spacial score (nSPS) is 23.5. The van der Waals surface area contributed by atoms with Crippen LogP contribution in [0.1, 0.15) is 221 Å². The first-order chi connectivity index (χ1) is 42.4. The summed E-state index contributed by atoms with van der Waals surface area (Å²) < 4.78 is 2.82. The van der Waals surface area contributed by atoms with Crippen molar-refractivity contribution in [1.82, 2.24) is 4.57 Å². The molecule has 0 amide bonds. The highest BCUT2D eigenvalue weighted by atomic mass is 15.3. The lowest BCUT2D eigenvalue weighted by molar-refractivity contribution is 0.195. The molecule has 4 aliphatic heterocycles. The fraction of sp³-hybridized carbons (Fsp3) is 0.412. The van der Waals surface area contributed by atoms with Crippen molar-refractivity contribution in [2.75, 3.05) is 14.7 Å². The quantitative estimate of drug-likeness (QED) is 0.163. The van der Waals surface area contributed by atoms with Crippen molar-refractivity contribution < 1.29 is 0 Å². The Morgan fingerprint density at radius 3 is 1.49 bits per heavy atom. The van der Waals surface area contributed by atoms with Crippen molar-refractivity contribution in [2.45, 2.75) is 225 Å². The summed E-state index contributed by atoms with van der Waals surface area (Å²) in [6.07, 6.45) is 9.53. The molecule has 2 saturated carbocycles. The van der Waals surface area contributed by atoms with Crippen LogP contribution in [0.4, 0.5) is 39.8 Å². The number of benzene rings is 8. The van der Waals surface area contributed by atoms with Crippen LogP contribution in [0.15, 0.2) is 152 Å². The van der Waals surface area contributed by atoms with Gasteiger partial charge in [0.1, 0.15) is 0 Å². The molecular formula is C85H95BN4. The minimum atomic E-state index is -0.235. The SMILES string of the molecule is CC(C)(C)c1ccc(N2c3cc(N4c5ccc(C(C)(C)C)cc5C5(C)CCCCC45C)ccc3B3c4c2cc(N2c5ccc(C(C)(C)C)cc5C5(C)CCCCC25C)cc4-n2c4c(c5cc(C(C)(C)C)cc3c52)C(C)(C)c2ccccc2-4)c(-c2ccccc2)c1. The molecule has 458 valence electrons. The van der Waals surface area contributed by atoms with E-state index in [2.05, 4.69) is 296 Å². The Morgan fingerprint density at radius 1 is 0.389 bits per heavy atom. The molecule has 4 atom stereocenters. The molecule has 16 rings (SSSR count). The second-order valence-electron chi connectivity index (χ2n) is 34.5. The van der Waals surface area contributed by atoms with Gasteiger partial charge >= 0.3 is 0 Å². The van der Waals surface area contributed by atoms with Gasteiger partial charge in [-0.15, -0.1) is 0 Å². The fourth-order valence-corrected chi connectivity index (χ4v) is 19.2. The summed E-state index contributed by atoms with van der Waals surface area (Å²) in [4.78, 5) is 8.53. The number of hydrogen-bond acceptors (Lipinski definition) is 3. The van der Waals surface area contributed by atoms with E-state index in [1.165, 1.54) is 178 Å². The Bertz CT molecular complexity index is 4550. The van der Waals surface area contributed by atoms with Crippen molar-refractivity contribution in [3.8, 4) is 28.1 Å². The maximum atomic E-state index is 2.89. The Hall–Kier alpha value is -7.24. The molecule has 4 nitrogen and oxygen atoms in total. The summed E-state index contributed by atoms with van der Waals surface area (Å²) in [5, 5.41) is 1.40. The average Bonchev–Trinajstić information content (AvgIpc) is 1.43. The molecule has 5 heterocycles. The van der Waals surface area contributed by atoms with Crippen molar-refractivity contribution in [3.63, 3.8) is 0 Å². The van der Waals surface area contributed by atoms with Crippen LogP contribution in [0.25, 0.3) is 39.0 Å². The lowest BCUT2D eigenvalue weighted by Crippen LogP contribution is -2.61. The molecule has 1 aromatic heterocycles. The molecule has 5 heteroatoms. The highest BCUT2D eigenvalue weighted by Crippen LogP contribution is 2.65. The van der Waals surface area contributed by atoms with E-state index >= 15 is 0 Å². The molecule has 0 radical (unpaired) electrons. The van der Waals surface area contributed by atoms with Gasteiger partial charge in [-0.1, -0.05) is 234 Å². The molecule has 7 aliphatic rings. The number of aromatic nitrogens is 1. The molecule has 0 bridgehead atoms. The van der Waals surface area contributed by atoms with Crippen LogP contribution in [0.3, 0.4) is 0 Å². The summed E-state index contributed by atoms with van der Waals surface area (Å²) in [5.41, 5.74) is 31.8. The van der Waals surface area contributed by atoms with Gasteiger partial charge in [-0.25, -0.2) is 0 Å². The second-order valence-corrected chi connectivity index (χ2v) is 34.5. The van der Waals surface area contributed by atoms with Crippen LogP contribution in [-0.4, -0.2) is 22.4 Å². The monoisotopic (exact) mass is 1180 g/mol. The molecular weight excluding hydrogens is 1090 g/mol. The first kappa shape index (κ1) is 57.9. The zero-order chi connectivity index (χ0) is 63.2. The van der Waals surface area contributed by atoms with Crippen LogP contribution in [0.2, 0.25) is 0 Å². The lowest BCUT2D eigenvalue weighted by atomic mass is 9.33. The highest BCUT2D eigenvalue weighted by Gasteiger charge is 2.60. The predicted octanol–water partition coefficient (Wildman–Crippen LogP) is 20.9. The van der Waals surface area contributed by atoms with Crippen LogP contribution in [0, 0.1) is 0 Å². The number of nitrogens with zero attached hydrogens (tertiary/aromatic N) is 4. The van der Waals surface area contributed by atoms with Crippen LogP contribution >= 0.6 is 0 Å². The third kappa shape index (κ3) is 7.62. The van der Waals surface area contributed by atoms with Gasteiger partial charge in [0.15, 0.2) is 0 Å². The van der Waals surface area contributed by atoms with E-state index in [0.29, 0.717) is 0 Å². The molecule has 9 aromatic rings. The Labute approximate surface area is 539 Å². The molecule has 3 aliphatic carbocycles. The molecule has 0 N–H and O–H groups in total. The van der Waals surface area contributed by atoms with Crippen molar-refractivity contribution >= 4 is 73.8 Å². The Kier molecular flexibility index (Phi) is 11.9. The van der Waals surface area contributed by atoms with Gasteiger partial charge in [0.25, 0.3) is 6.71 Å². The number of anilines is 7. The van der Waals surface area contributed by atoms with E-state index in [-0.39, 0.29) is 55.7 Å². The minimum Gasteiger partial charge on any atom is -0.334 e. The number of hydrogen-bond donors (Lipinski definition) is 0. The van der Waals surface area contributed by atoms with E-state index in [9.17, 15) is 0 Å². The standard InChI is InChI=1S/C85H95BN4/c1-77(2,3)53-32-37-67(60(44-53)52-28-20-19-21-29-52)87-70-49-57(89-68-38-33-54(78(4,5)6)46-63(68)82(15)40-24-26-42-84(82,89)17)35-36-65(70)86-66-48-56(80(10,11)12)45-61-73-76(59-30-22-23-31-62(59)81(73,13)14)88(75(61)66)72-51-58(50-71(87)74(72)86)90-69-39-34-55(79(7,8)9)47-64(69)83(16)41-25-27-43-85(83,90)18/h19-23,28-39,44-51H,24-27,40-43H2,1-18H3.